The van der Waals surface area contributed by atoms with Gasteiger partial charge >= 0.3 is 0 Å². The largest absolute Gasteiger partial charge is 0.508 e. The second kappa shape index (κ2) is 7.51. The predicted molar refractivity (Wildman–Crippen MR) is 98.9 cm³/mol. The first-order valence-electron chi connectivity index (χ1n) is 7.98. The Balaban J connectivity index is 1.64. The molecule has 2 N–H and O–H groups in total. The summed E-state index contributed by atoms with van der Waals surface area (Å²) in [6.07, 6.45) is 0.557. The monoisotopic (exact) mass is 353 g/mol. The number of sulfonamides is 1. The lowest BCUT2D eigenvalue weighted by molar-refractivity contribution is 0.475. The van der Waals surface area contributed by atoms with Gasteiger partial charge in [-0.05, 0) is 47.4 Å². The van der Waals surface area contributed by atoms with Crippen LogP contribution in [0.3, 0.4) is 0 Å². The zero-order valence-corrected chi connectivity index (χ0v) is 14.4. The van der Waals surface area contributed by atoms with E-state index >= 15 is 0 Å². The average molecular weight is 353 g/mol. The van der Waals surface area contributed by atoms with Crippen LogP contribution >= 0.6 is 0 Å². The third-order valence-corrected chi connectivity index (χ3v) is 5.39. The Bertz CT molecular complexity index is 919. The van der Waals surface area contributed by atoms with Gasteiger partial charge in [-0.25, -0.2) is 13.1 Å². The molecule has 0 amide bonds. The molecule has 0 aromatic heterocycles. The van der Waals surface area contributed by atoms with Gasteiger partial charge in [0.15, 0.2) is 0 Å². The van der Waals surface area contributed by atoms with Gasteiger partial charge in [0.25, 0.3) is 0 Å². The molecular formula is C20H19NO3S. The van der Waals surface area contributed by atoms with Gasteiger partial charge in [0.2, 0.25) is 10.0 Å². The second-order valence-electron chi connectivity index (χ2n) is 5.70. The fraction of sp³-hybridized carbons (Fsp3) is 0.100. The van der Waals surface area contributed by atoms with Crippen molar-refractivity contribution < 1.29 is 13.5 Å². The van der Waals surface area contributed by atoms with E-state index in [0.29, 0.717) is 13.0 Å². The molecule has 3 aromatic rings. The molecule has 0 saturated heterocycles. The third kappa shape index (κ3) is 4.47. The van der Waals surface area contributed by atoms with Crippen LogP contribution in [0.1, 0.15) is 5.56 Å². The van der Waals surface area contributed by atoms with Gasteiger partial charge in [0.1, 0.15) is 5.75 Å². The van der Waals surface area contributed by atoms with Gasteiger partial charge in [-0.2, -0.15) is 0 Å². The lowest BCUT2D eigenvalue weighted by Gasteiger charge is -2.08. The van der Waals surface area contributed by atoms with Gasteiger partial charge in [-0.15, -0.1) is 0 Å². The first kappa shape index (κ1) is 17.2. The predicted octanol–water partition coefficient (Wildman–Crippen LogP) is 3.58. The van der Waals surface area contributed by atoms with Crippen molar-refractivity contribution in [1.29, 1.82) is 0 Å². The van der Waals surface area contributed by atoms with Crippen LogP contribution in [-0.4, -0.2) is 20.1 Å². The average Bonchev–Trinajstić information content (AvgIpc) is 2.64. The minimum Gasteiger partial charge on any atom is -0.508 e. The first-order valence-corrected chi connectivity index (χ1v) is 9.46. The highest BCUT2D eigenvalue weighted by atomic mass is 32.2. The molecule has 3 aromatic carbocycles. The fourth-order valence-corrected chi connectivity index (χ4v) is 3.56. The van der Waals surface area contributed by atoms with Crippen LogP contribution in [-0.2, 0) is 16.4 Å². The summed E-state index contributed by atoms with van der Waals surface area (Å²) in [7, 11) is -3.54. The Labute approximate surface area is 147 Å². The molecule has 3 rings (SSSR count). The van der Waals surface area contributed by atoms with Gasteiger partial charge in [0.05, 0.1) is 4.90 Å². The highest BCUT2D eigenvalue weighted by molar-refractivity contribution is 7.89. The topological polar surface area (TPSA) is 66.4 Å². The summed E-state index contributed by atoms with van der Waals surface area (Å²) in [6.45, 7) is 0.299. The Hall–Kier alpha value is -2.63. The summed E-state index contributed by atoms with van der Waals surface area (Å²) >= 11 is 0. The number of hydrogen-bond acceptors (Lipinski definition) is 3. The van der Waals surface area contributed by atoms with Crippen molar-refractivity contribution >= 4 is 10.0 Å². The maximum atomic E-state index is 12.4. The molecule has 0 aliphatic heterocycles. The third-order valence-electron chi connectivity index (χ3n) is 3.91. The van der Waals surface area contributed by atoms with E-state index in [0.717, 1.165) is 16.7 Å². The standard InChI is InChI=1S/C20H19NO3S/c22-19-10-6-16(7-11-19)14-15-21-25(23,24)20-12-8-18(9-13-20)17-4-2-1-3-5-17/h1-13,21-22H,14-15H2. The van der Waals surface area contributed by atoms with Crippen molar-refractivity contribution in [3.8, 4) is 16.9 Å². The summed E-state index contributed by atoms with van der Waals surface area (Å²) in [4.78, 5) is 0.248. The Morgan fingerprint density at radius 3 is 2.00 bits per heavy atom. The van der Waals surface area contributed by atoms with Gasteiger partial charge in [0, 0.05) is 6.54 Å². The number of nitrogens with one attached hydrogen (secondary N) is 1. The summed E-state index contributed by atoms with van der Waals surface area (Å²) in [5, 5.41) is 9.25. The first-order chi connectivity index (χ1) is 12.0. The number of hydrogen-bond donors (Lipinski definition) is 2. The Kier molecular flexibility index (Phi) is 5.16. The summed E-state index contributed by atoms with van der Waals surface area (Å²) in [5.41, 5.74) is 2.98. The minimum absolute atomic E-state index is 0.197. The van der Waals surface area contributed by atoms with E-state index in [2.05, 4.69) is 4.72 Å². The van der Waals surface area contributed by atoms with Gasteiger partial charge in [-0.3, -0.25) is 0 Å². The van der Waals surface area contributed by atoms with Gasteiger partial charge in [-0.1, -0.05) is 54.6 Å². The minimum atomic E-state index is -3.54. The van der Waals surface area contributed by atoms with Crippen molar-refractivity contribution in [2.24, 2.45) is 0 Å². The molecule has 0 spiro atoms. The molecule has 25 heavy (non-hydrogen) atoms. The normalized spacial score (nSPS) is 11.4. The number of benzene rings is 3. The number of aromatic hydroxyl groups is 1. The highest BCUT2D eigenvalue weighted by Gasteiger charge is 2.13. The molecule has 5 heteroatoms. The quantitative estimate of drug-likeness (QED) is 0.712. The van der Waals surface area contributed by atoms with Crippen molar-refractivity contribution in [1.82, 2.24) is 4.72 Å². The van der Waals surface area contributed by atoms with Crippen LogP contribution in [0, 0.1) is 0 Å². The van der Waals surface area contributed by atoms with E-state index < -0.39 is 10.0 Å². The molecule has 128 valence electrons. The maximum Gasteiger partial charge on any atom is 0.240 e. The SMILES string of the molecule is O=S(=O)(NCCc1ccc(O)cc1)c1ccc(-c2ccccc2)cc1. The highest BCUT2D eigenvalue weighted by Crippen LogP contribution is 2.21. The van der Waals surface area contributed by atoms with E-state index in [-0.39, 0.29) is 10.6 Å². The molecule has 0 atom stereocenters. The molecule has 0 saturated carbocycles. The van der Waals surface area contributed by atoms with Crippen molar-refractivity contribution in [3.05, 3.63) is 84.4 Å². The molecule has 0 radical (unpaired) electrons. The van der Waals surface area contributed by atoms with Crippen LogP contribution in [0.25, 0.3) is 11.1 Å². The van der Waals surface area contributed by atoms with Crippen molar-refractivity contribution in [2.45, 2.75) is 11.3 Å². The summed E-state index contributed by atoms with van der Waals surface area (Å²) in [5.74, 6) is 0.197. The Morgan fingerprint density at radius 2 is 1.36 bits per heavy atom. The van der Waals surface area contributed by atoms with Gasteiger partial charge < -0.3 is 5.11 Å². The molecule has 0 aliphatic carbocycles. The fourth-order valence-electron chi connectivity index (χ4n) is 2.53. The van der Waals surface area contributed by atoms with E-state index in [1.807, 2.05) is 42.5 Å². The van der Waals surface area contributed by atoms with Crippen LogP contribution in [0.4, 0.5) is 0 Å². The van der Waals surface area contributed by atoms with E-state index in [1.165, 1.54) is 0 Å². The Morgan fingerprint density at radius 1 is 0.760 bits per heavy atom. The lowest BCUT2D eigenvalue weighted by atomic mass is 10.1. The van der Waals surface area contributed by atoms with Crippen LogP contribution in [0.2, 0.25) is 0 Å². The van der Waals surface area contributed by atoms with E-state index in [1.54, 1.807) is 36.4 Å². The summed E-state index contributed by atoms with van der Waals surface area (Å²) < 4.78 is 27.4. The number of phenols is 1. The van der Waals surface area contributed by atoms with Crippen molar-refractivity contribution in [2.75, 3.05) is 6.54 Å². The molecule has 0 bridgehead atoms. The number of phenolic OH excluding ortho intramolecular Hbond substituents is 1. The van der Waals surface area contributed by atoms with Crippen molar-refractivity contribution in [3.63, 3.8) is 0 Å². The second-order valence-corrected chi connectivity index (χ2v) is 7.47. The van der Waals surface area contributed by atoms with Crippen LogP contribution in [0.5, 0.6) is 5.75 Å². The zero-order valence-electron chi connectivity index (χ0n) is 13.6. The molecule has 0 heterocycles. The molecule has 0 unspecified atom stereocenters. The zero-order chi connectivity index (χ0) is 17.7. The lowest BCUT2D eigenvalue weighted by Crippen LogP contribution is -2.25. The van der Waals surface area contributed by atoms with E-state index in [9.17, 15) is 13.5 Å². The van der Waals surface area contributed by atoms with E-state index in [4.69, 9.17) is 0 Å². The molecule has 0 aliphatic rings. The van der Waals surface area contributed by atoms with Crippen LogP contribution in [0.15, 0.2) is 83.8 Å². The number of rotatable bonds is 6. The molecule has 0 fully saturated rings. The summed E-state index contributed by atoms with van der Waals surface area (Å²) in [6, 6.07) is 23.4. The van der Waals surface area contributed by atoms with Crippen LogP contribution < -0.4 is 4.72 Å². The smallest absolute Gasteiger partial charge is 0.240 e. The molecule has 4 nitrogen and oxygen atoms in total. The molecular weight excluding hydrogens is 334 g/mol. The maximum absolute atomic E-state index is 12.4.